The highest BCUT2D eigenvalue weighted by molar-refractivity contribution is 7.99. The molecule has 0 spiro atoms. The summed E-state index contributed by atoms with van der Waals surface area (Å²) < 4.78 is 0. The van der Waals surface area contributed by atoms with Crippen molar-refractivity contribution in [2.75, 3.05) is 18.1 Å². The van der Waals surface area contributed by atoms with E-state index in [-0.39, 0.29) is 5.91 Å². The van der Waals surface area contributed by atoms with E-state index in [0.717, 1.165) is 16.5 Å². The molecule has 1 aromatic carbocycles. The minimum Gasteiger partial charge on any atom is -0.355 e. The highest BCUT2D eigenvalue weighted by atomic mass is 32.2. The number of rotatable bonds is 8. The fraction of sp³-hybridized carbons (Fsp3) is 0.294. The summed E-state index contributed by atoms with van der Waals surface area (Å²) in [6.45, 7) is 2.75. The monoisotopic (exact) mass is 332 g/mol. The molecule has 1 amide bonds. The van der Waals surface area contributed by atoms with Crippen molar-refractivity contribution in [3.05, 3.63) is 59.8 Å². The first kappa shape index (κ1) is 16.9. The summed E-state index contributed by atoms with van der Waals surface area (Å²) in [5, 5.41) is 3.93. The molecule has 0 saturated carbocycles. The van der Waals surface area contributed by atoms with Crippen LogP contribution in [0.1, 0.15) is 11.1 Å². The zero-order chi connectivity index (χ0) is 15.6. The van der Waals surface area contributed by atoms with Gasteiger partial charge in [-0.25, -0.2) is 4.98 Å². The van der Waals surface area contributed by atoms with E-state index in [9.17, 15) is 4.79 Å². The van der Waals surface area contributed by atoms with Gasteiger partial charge in [-0.3, -0.25) is 4.79 Å². The van der Waals surface area contributed by atoms with Crippen molar-refractivity contribution in [1.29, 1.82) is 0 Å². The predicted molar refractivity (Wildman–Crippen MR) is 95.3 cm³/mol. The number of hydrogen-bond acceptors (Lipinski definition) is 4. The lowest BCUT2D eigenvalue weighted by molar-refractivity contribution is -0.118. The Morgan fingerprint density at radius 1 is 1.18 bits per heavy atom. The van der Waals surface area contributed by atoms with Gasteiger partial charge in [0, 0.05) is 24.2 Å². The molecule has 5 heteroatoms. The van der Waals surface area contributed by atoms with E-state index in [0.29, 0.717) is 12.3 Å². The molecule has 0 radical (unpaired) electrons. The van der Waals surface area contributed by atoms with Crippen molar-refractivity contribution in [2.45, 2.75) is 17.7 Å². The summed E-state index contributed by atoms with van der Waals surface area (Å²) in [6, 6.07) is 14.3. The Morgan fingerprint density at radius 3 is 2.73 bits per heavy atom. The number of carbonyl (C=O) groups is 1. The fourth-order valence-corrected chi connectivity index (χ4v) is 3.32. The van der Waals surface area contributed by atoms with Gasteiger partial charge in [0.05, 0.1) is 10.8 Å². The molecular weight excluding hydrogens is 312 g/mol. The molecule has 0 unspecified atom stereocenters. The van der Waals surface area contributed by atoms with Crippen molar-refractivity contribution >= 4 is 29.4 Å². The van der Waals surface area contributed by atoms with Gasteiger partial charge in [-0.05, 0) is 24.6 Å². The van der Waals surface area contributed by atoms with Crippen molar-refractivity contribution in [3.8, 4) is 0 Å². The second-order valence-electron chi connectivity index (χ2n) is 4.84. The number of amides is 1. The van der Waals surface area contributed by atoms with Crippen LogP contribution >= 0.6 is 23.5 Å². The van der Waals surface area contributed by atoms with Gasteiger partial charge in [-0.15, -0.1) is 23.5 Å². The van der Waals surface area contributed by atoms with E-state index < -0.39 is 0 Å². The molecule has 22 heavy (non-hydrogen) atoms. The van der Waals surface area contributed by atoms with Crippen LogP contribution in [-0.2, 0) is 10.5 Å². The number of thioether (sulfide) groups is 2. The fourth-order valence-electron chi connectivity index (χ4n) is 1.78. The smallest absolute Gasteiger partial charge is 0.230 e. The third-order valence-electron chi connectivity index (χ3n) is 2.93. The van der Waals surface area contributed by atoms with Crippen molar-refractivity contribution in [3.63, 3.8) is 0 Å². The summed E-state index contributed by atoms with van der Waals surface area (Å²) in [6.07, 6.45) is 1.78. The average molecular weight is 332 g/mol. The zero-order valence-corrected chi connectivity index (χ0v) is 14.3. The molecule has 1 heterocycles. The first-order valence-corrected chi connectivity index (χ1v) is 9.32. The number of benzene rings is 1. The predicted octanol–water partition coefficient (Wildman–Crippen LogP) is 3.53. The van der Waals surface area contributed by atoms with Crippen LogP contribution in [0.4, 0.5) is 0 Å². The minimum atomic E-state index is 0.0960. The Balaban J connectivity index is 1.55. The Morgan fingerprint density at radius 2 is 2.00 bits per heavy atom. The Kier molecular flexibility index (Phi) is 7.33. The highest BCUT2D eigenvalue weighted by Gasteiger charge is 2.02. The minimum absolute atomic E-state index is 0.0960. The molecule has 1 aromatic heterocycles. The molecule has 0 atom stereocenters. The van der Waals surface area contributed by atoms with Crippen LogP contribution in [0.3, 0.4) is 0 Å². The van der Waals surface area contributed by atoms with Crippen molar-refractivity contribution in [2.24, 2.45) is 0 Å². The molecule has 2 aromatic rings. The summed E-state index contributed by atoms with van der Waals surface area (Å²) in [5.74, 6) is 2.31. The quantitative estimate of drug-likeness (QED) is 0.593. The lowest BCUT2D eigenvalue weighted by Crippen LogP contribution is -2.27. The third-order valence-corrected chi connectivity index (χ3v) is 4.88. The summed E-state index contributed by atoms with van der Waals surface area (Å²) in [5.41, 5.74) is 2.52. The summed E-state index contributed by atoms with van der Waals surface area (Å²) in [7, 11) is 0. The average Bonchev–Trinajstić information content (AvgIpc) is 2.54. The highest BCUT2D eigenvalue weighted by Crippen LogP contribution is 2.14. The molecule has 2 rings (SSSR count). The summed E-state index contributed by atoms with van der Waals surface area (Å²) in [4.78, 5) is 16.0. The number of carbonyl (C=O) groups excluding carboxylic acids is 1. The number of nitrogens with one attached hydrogen (secondary N) is 1. The molecule has 0 fully saturated rings. The lowest BCUT2D eigenvalue weighted by Gasteiger charge is -2.05. The zero-order valence-electron chi connectivity index (χ0n) is 12.6. The van der Waals surface area contributed by atoms with E-state index in [4.69, 9.17) is 0 Å². The van der Waals surface area contributed by atoms with Crippen LogP contribution in [0.15, 0.2) is 53.7 Å². The molecule has 0 saturated heterocycles. The maximum atomic E-state index is 11.7. The molecule has 3 nitrogen and oxygen atoms in total. The Hall–Kier alpha value is -1.46. The second-order valence-corrected chi connectivity index (χ2v) is 6.95. The first-order chi connectivity index (χ1) is 10.7. The van der Waals surface area contributed by atoms with Gasteiger partial charge in [0.1, 0.15) is 0 Å². The molecule has 116 valence electrons. The van der Waals surface area contributed by atoms with Crippen LogP contribution in [0.5, 0.6) is 0 Å². The number of pyridine rings is 1. The van der Waals surface area contributed by atoms with E-state index in [2.05, 4.69) is 41.5 Å². The SMILES string of the molecule is Cc1ccc(CSCC(=O)NCCSc2ccccn2)cc1. The van der Waals surface area contributed by atoms with Gasteiger partial charge in [0.2, 0.25) is 5.91 Å². The van der Waals surface area contributed by atoms with Gasteiger partial charge in [-0.2, -0.15) is 0 Å². The van der Waals surface area contributed by atoms with Crippen LogP contribution in [0, 0.1) is 6.92 Å². The number of nitrogens with zero attached hydrogens (tertiary/aromatic N) is 1. The van der Waals surface area contributed by atoms with Crippen LogP contribution in [0.2, 0.25) is 0 Å². The molecule has 0 bridgehead atoms. The van der Waals surface area contributed by atoms with Crippen molar-refractivity contribution in [1.82, 2.24) is 10.3 Å². The van der Waals surface area contributed by atoms with Gasteiger partial charge in [-0.1, -0.05) is 35.9 Å². The van der Waals surface area contributed by atoms with Crippen LogP contribution in [0.25, 0.3) is 0 Å². The van der Waals surface area contributed by atoms with E-state index in [1.165, 1.54) is 11.1 Å². The normalized spacial score (nSPS) is 10.4. The van der Waals surface area contributed by atoms with Crippen LogP contribution < -0.4 is 5.32 Å². The van der Waals surface area contributed by atoms with Crippen molar-refractivity contribution < 1.29 is 4.79 Å². The first-order valence-electron chi connectivity index (χ1n) is 7.18. The Bertz CT molecular complexity index is 573. The van der Waals surface area contributed by atoms with E-state index in [1.54, 1.807) is 29.7 Å². The molecule has 1 N–H and O–H groups in total. The van der Waals surface area contributed by atoms with Gasteiger partial charge < -0.3 is 5.32 Å². The van der Waals surface area contributed by atoms with Gasteiger partial charge in [0.15, 0.2) is 0 Å². The molecule has 0 aliphatic carbocycles. The third kappa shape index (κ3) is 6.54. The number of aromatic nitrogens is 1. The topological polar surface area (TPSA) is 42.0 Å². The Labute approximate surface area is 140 Å². The van der Waals surface area contributed by atoms with Crippen LogP contribution in [-0.4, -0.2) is 28.9 Å². The lowest BCUT2D eigenvalue weighted by atomic mass is 10.2. The molecule has 0 aliphatic rings. The number of hydrogen-bond donors (Lipinski definition) is 1. The van der Waals surface area contributed by atoms with Gasteiger partial charge >= 0.3 is 0 Å². The maximum absolute atomic E-state index is 11.7. The standard InChI is InChI=1S/C17H20N2OS2/c1-14-5-7-15(8-6-14)12-21-13-16(20)18-10-11-22-17-4-2-3-9-19-17/h2-9H,10-13H2,1H3,(H,18,20). The van der Waals surface area contributed by atoms with E-state index in [1.807, 2.05) is 18.2 Å². The maximum Gasteiger partial charge on any atom is 0.230 e. The van der Waals surface area contributed by atoms with E-state index >= 15 is 0 Å². The van der Waals surface area contributed by atoms with Gasteiger partial charge in [0.25, 0.3) is 0 Å². The largest absolute Gasteiger partial charge is 0.355 e. The second kappa shape index (κ2) is 9.54. The molecular formula is C17H20N2OS2. The molecule has 0 aliphatic heterocycles. The number of aryl methyl sites for hydroxylation is 1. The summed E-state index contributed by atoms with van der Waals surface area (Å²) >= 11 is 3.30.